The number of hydrogen-bond acceptors (Lipinski definition) is 3. The van der Waals surface area contributed by atoms with E-state index in [0.29, 0.717) is 12.0 Å². The standard InChI is InChI=1S/C28H22N2O/c31-28(25-13-17-27(18-14-25)30-21-24-9-5-2-6-10-24)19-22-11-15-26(16-12-22)29-20-23-7-3-1-4-8-23/h1-18,20-21H,19H2. The highest BCUT2D eigenvalue weighted by atomic mass is 16.1. The maximum Gasteiger partial charge on any atom is 0.167 e. The molecule has 4 aromatic carbocycles. The zero-order valence-corrected chi connectivity index (χ0v) is 17.1. The molecule has 0 heterocycles. The Balaban J connectivity index is 1.35. The number of nitrogens with zero attached hydrogens (tertiary/aromatic N) is 2. The number of aliphatic imine (C=N–C) groups is 2. The summed E-state index contributed by atoms with van der Waals surface area (Å²) >= 11 is 0. The quantitative estimate of drug-likeness (QED) is 0.253. The zero-order chi connectivity index (χ0) is 21.3. The number of hydrogen-bond donors (Lipinski definition) is 0. The molecule has 0 fully saturated rings. The van der Waals surface area contributed by atoms with Crippen molar-refractivity contribution in [2.45, 2.75) is 6.42 Å². The van der Waals surface area contributed by atoms with Crippen LogP contribution in [0.3, 0.4) is 0 Å². The second kappa shape index (κ2) is 10.1. The number of carbonyl (C=O) groups is 1. The third-order valence-electron chi connectivity index (χ3n) is 4.81. The molecular formula is C28H22N2O. The van der Waals surface area contributed by atoms with Crippen LogP contribution in [0.15, 0.2) is 119 Å². The monoisotopic (exact) mass is 402 g/mol. The number of benzene rings is 4. The van der Waals surface area contributed by atoms with Gasteiger partial charge in [0.05, 0.1) is 11.4 Å². The molecule has 0 bridgehead atoms. The number of Topliss-reactive ketones (excluding diaryl/α,β-unsaturated/α-hetero) is 1. The number of rotatable bonds is 7. The minimum Gasteiger partial charge on any atom is -0.294 e. The summed E-state index contributed by atoms with van der Waals surface area (Å²) in [6, 6.07) is 35.1. The van der Waals surface area contributed by atoms with Crippen molar-refractivity contribution >= 4 is 29.6 Å². The van der Waals surface area contributed by atoms with Crippen molar-refractivity contribution in [3.63, 3.8) is 0 Å². The second-order valence-electron chi connectivity index (χ2n) is 7.15. The fourth-order valence-corrected chi connectivity index (χ4v) is 3.10. The summed E-state index contributed by atoms with van der Waals surface area (Å²) in [6.45, 7) is 0. The smallest absolute Gasteiger partial charge is 0.167 e. The van der Waals surface area contributed by atoms with Crippen LogP contribution in [0.1, 0.15) is 27.0 Å². The third-order valence-corrected chi connectivity index (χ3v) is 4.81. The van der Waals surface area contributed by atoms with Crippen molar-refractivity contribution in [2.75, 3.05) is 0 Å². The SMILES string of the molecule is O=C(Cc1ccc(N=Cc2ccccc2)cc1)c1ccc(N=Cc2ccccc2)cc1. The second-order valence-corrected chi connectivity index (χ2v) is 7.15. The molecule has 0 saturated heterocycles. The molecule has 0 aliphatic heterocycles. The summed E-state index contributed by atoms with van der Waals surface area (Å²) in [7, 11) is 0. The number of carbonyl (C=O) groups excluding carboxylic acids is 1. The lowest BCUT2D eigenvalue weighted by molar-refractivity contribution is 0.0993. The molecule has 150 valence electrons. The molecule has 4 rings (SSSR count). The molecule has 0 aromatic heterocycles. The van der Waals surface area contributed by atoms with Crippen molar-refractivity contribution in [1.82, 2.24) is 0 Å². The van der Waals surface area contributed by atoms with Crippen molar-refractivity contribution in [3.8, 4) is 0 Å². The fraction of sp³-hybridized carbons (Fsp3) is 0.0357. The summed E-state index contributed by atoms with van der Waals surface area (Å²) in [6.07, 6.45) is 4.01. The minimum atomic E-state index is 0.0825. The molecule has 0 radical (unpaired) electrons. The van der Waals surface area contributed by atoms with E-state index in [9.17, 15) is 4.79 Å². The maximum atomic E-state index is 12.6. The van der Waals surface area contributed by atoms with E-state index < -0.39 is 0 Å². The van der Waals surface area contributed by atoms with Gasteiger partial charge >= 0.3 is 0 Å². The van der Waals surface area contributed by atoms with Crippen LogP contribution >= 0.6 is 0 Å². The van der Waals surface area contributed by atoms with Crippen molar-refractivity contribution < 1.29 is 4.79 Å². The Morgan fingerprint density at radius 3 is 1.52 bits per heavy atom. The maximum absolute atomic E-state index is 12.6. The van der Waals surface area contributed by atoms with Gasteiger partial charge in [-0.1, -0.05) is 72.8 Å². The molecule has 0 atom stereocenters. The number of ketones is 1. The Morgan fingerprint density at radius 1 is 0.581 bits per heavy atom. The van der Waals surface area contributed by atoms with Gasteiger partial charge in [0.1, 0.15) is 0 Å². The van der Waals surface area contributed by atoms with Crippen LogP contribution in [-0.4, -0.2) is 18.2 Å². The fourth-order valence-electron chi connectivity index (χ4n) is 3.10. The van der Waals surface area contributed by atoms with Gasteiger partial charge in [0.2, 0.25) is 0 Å². The van der Waals surface area contributed by atoms with Gasteiger partial charge in [-0.15, -0.1) is 0 Å². The van der Waals surface area contributed by atoms with Gasteiger partial charge in [-0.2, -0.15) is 0 Å². The summed E-state index contributed by atoms with van der Waals surface area (Å²) < 4.78 is 0. The first-order valence-electron chi connectivity index (χ1n) is 10.2. The predicted octanol–water partition coefficient (Wildman–Crippen LogP) is 6.61. The molecule has 0 spiro atoms. The lowest BCUT2D eigenvalue weighted by Crippen LogP contribution is -2.02. The first-order chi connectivity index (χ1) is 15.3. The van der Waals surface area contributed by atoms with Gasteiger partial charge < -0.3 is 0 Å². The van der Waals surface area contributed by atoms with E-state index in [0.717, 1.165) is 28.1 Å². The normalized spacial score (nSPS) is 11.2. The van der Waals surface area contributed by atoms with Gasteiger partial charge in [0.15, 0.2) is 5.78 Å². The predicted molar refractivity (Wildman–Crippen MR) is 128 cm³/mol. The van der Waals surface area contributed by atoms with Crippen molar-refractivity contribution in [1.29, 1.82) is 0 Å². The molecular weight excluding hydrogens is 380 g/mol. The molecule has 0 amide bonds. The third kappa shape index (κ3) is 5.94. The molecule has 3 heteroatoms. The van der Waals surface area contributed by atoms with E-state index in [1.165, 1.54) is 0 Å². The zero-order valence-electron chi connectivity index (χ0n) is 17.1. The van der Waals surface area contributed by atoms with E-state index in [1.54, 1.807) is 0 Å². The highest BCUT2D eigenvalue weighted by Gasteiger charge is 2.07. The van der Waals surface area contributed by atoms with Gasteiger partial charge in [-0.05, 0) is 53.1 Å². The van der Waals surface area contributed by atoms with Gasteiger partial charge in [-0.3, -0.25) is 14.8 Å². The minimum absolute atomic E-state index is 0.0825. The Bertz CT molecular complexity index is 1180. The van der Waals surface area contributed by atoms with Crippen LogP contribution in [0.25, 0.3) is 0 Å². The summed E-state index contributed by atoms with van der Waals surface area (Å²) in [5, 5.41) is 0. The van der Waals surface area contributed by atoms with Gasteiger partial charge in [0, 0.05) is 24.4 Å². The van der Waals surface area contributed by atoms with Crippen LogP contribution in [0.2, 0.25) is 0 Å². The van der Waals surface area contributed by atoms with E-state index in [-0.39, 0.29) is 5.78 Å². The topological polar surface area (TPSA) is 41.8 Å². The van der Waals surface area contributed by atoms with Crippen LogP contribution in [0, 0.1) is 0 Å². The average molecular weight is 402 g/mol. The first-order valence-corrected chi connectivity index (χ1v) is 10.2. The summed E-state index contributed by atoms with van der Waals surface area (Å²) in [4.78, 5) is 21.6. The van der Waals surface area contributed by atoms with Crippen molar-refractivity contribution in [3.05, 3.63) is 131 Å². The molecule has 0 saturated carbocycles. The molecule has 0 aliphatic carbocycles. The molecule has 0 N–H and O–H groups in total. The average Bonchev–Trinajstić information content (AvgIpc) is 2.84. The van der Waals surface area contributed by atoms with Gasteiger partial charge in [0.25, 0.3) is 0 Å². The molecule has 0 aliphatic rings. The van der Waals surface area contributed by atoms with E-state index in [2.05, 4.69) is 9.98 Å². The van der Waals surface area contributed by atoms with E-state index in [1.807, 2.05) is 122 Å². The summed E-state index contributed by atoms with van der Waals surface area (Å²) in [5.74, 6) is 0.0825. The van der Waals surface area contributed by atoms with Crippen LogP contribution in [0.4, 0.5) is 11.4 Å². The largest absolute Gasteiger partial charge is 0.294 e. The van der Waals surface area contributed by atoms with E-state index in [4.69, 9.17) is 0 Å². The molecule has 4 aromatic rings. The molecule has 0 unspecified atom stereocenters. The van der Waals surface area contributed by atoms with E-state index >= 15 is 0 Å². The Kier molecular flexibility index (Phi) is 6.56. The Labute approximate surface area is 182 Å². The lowest BCUT2D eigenvalue weighted by Gasteiger charge is -2.03. The van der Waals surface area contributed by atoms with Crippen LogP contribution in [-0.2, 0) is 6.42 Å². The highest BCUT2D eigenvalue weighted by Crippen LogP contribution is 2.17. The first kappa shape index (κ1) is 20.2. The Morgan fingerprint density at radius 2 is 1.03 bits per heavy atom. The molecule has 31 heavy (non-hydrogen) atoms. The van der Waals surface area contributed by atoms with Crippen LogP contribution in [0.5, 0.6) is 0 Å². The Hall–Kier alpha value is -4.11. The highest BCUT2D eigenvalue weighted by molar-refractivity contribution is 5.97. The van der Waals surface area contributed by atoms with Crippen LogP contribution < -0.4 is 0 Å². The lowest BCUT2D eigenvalue weighted by atomic mass is 10.0. The summed E-state index contributed by atoms with van der Waals surface area (Å²) in [5.41, 5.74) is 5.43. The van der Waals surface area contributed by atoms with Gasteiger partial charge in [-0.25, -0.2) is 0 Å². The van der Waals surface area contributed by atoms with Crippen molar-refractivity contribution in [2.24, 2.45) is 9.98 Å². The molecule has 3 nitrogen and oxygen atoms in total.